The van der Waals surface area contributed by atoms with Gasteiger partial charge >= 0.3 is 0 Å². The lowest BCUT2D eigenvalue weighted by Gasteiger charge is -2.21. The zero-order chi connectivity index (χ0) is 17.2. The summed E-state index contributed by atoms with van der Waals surface area (Å²) in [4.78, 5) is 22.0. The van der Waals surface area contributed by atoms with Crippen LogP contribution in [0.1, 0.15) is 36.2 Å². The molecule has 10 heteroatoms. The fourth-order valence-corrected chi connectivity index (χ4v) is 2.94. The quantitative estimate of drug-likeness (QED) is 0.799. The van der Waals surface area contributed by atoms with Gasteiger partial charge in [-0.25, -0.2) is 13.1 Å². The molecule has 2 aromatic rings. The molecule has 0 aliphatic carbocycles. The first-order valence-corrected chi connectivity index (χ1v) is 9.27. The van der Waals surface area contributed by atoms with Crippen LogP contribution in [0.25, 0.3) is 0 Å². The normalized spacial score (nSPS) is 18.3. The predicted molar refractivity (Wildman–Crippen MR) is 82.7 cm³/mol. The lowest BCUT2D eigenvalue weighted by molar-refractivity contribution is -0.130. The van der Waals surface area contributed by atoms with E-state index in [1.807, 2.05) is 12.1 Å². The third-order valence-electron chi connectivity index (χ3n) is 3.69. The second-order valence-electron chi connectivity index (χ2n) is 5.57. The highest BCUT2D eigenvalue weighted by Crippen LogP contribution is 2.33. The Morgan fingerprint density at radius 2 is 2.12 bits per heavy atom. The highest BCUT2D eigenvalue weighted by molar-refractivity contribution is 7.88. The smallest absolute Gasteiger partial charge is 0.249 e. The summed E-state index contributed by atoms with van der Waals surface area (Å²) in [6, 6.07) is 3.39. The van der Waals surface area contributed by atoms with E-state index in [-0.39, 0.29) is 24.3 Å². The summed E-state index contributed by atoms with van der Waals surface area (Å²) in [5, 5.41) is 3.77. The van der Waals surface area contributed by atoms with Crippen molar-refractivity contribution in [2.24, 2.45) is 0 Å². The Bertz CT molecular complexity index is 821. The van der Waals surface area contributed by atoms with Gasteiger partial charge in [0.25, 0.3) is 0 Å². The van der Waals surface area contributed by atoms with Crippen molar-refractivity contribution in [1.29, 1.82) is 0 Å². The Labute approximate surface area is 139 Å². The van der Waals surface area contributed by atoms with Gasteiger partial charge in [-0.1, -0.05) is 5.16 Å². The molecule has 1 fully saturated rings. The molecule has 1 N–H and O–H groups in total. The number of rotatable bonds is 6. The molecule has 1 amide bonds. The van der Waals surface area contributed by atoms with E-state index in [2.05, 4.69) is 19.8 Å². The van der Waals surface area contributed by atoms with Crippen molar-refractivity contribution in [2.75, 3.05) is 6.26 Å². The Hall–Kier alpha value is -2.33. The molecular weight excluding hydrogens is 334 g/mol. The molecular formula is C14H17N5O4S. The van der Waals surface area contributed by atoms with Crippen molar-refractivity contribution in [3.8, 4) is 0 Å². The van der Waals surface area contributed by atoms with Crippen LogP contribution in [0, 0.1) is 0 Å². The third kappa shape index (κ3) is 3.95. The van der Waals surface area contributed by atoms with Crippen LogP contribution in [0.4, 0.5) is 0 Å². The van der Waals surface area contributed by atoms with E-state index in [1.54, 1.807) is 17.3 Å². The predicted octanol–water partition coefficient (Wildman–Crippen LogP) is 0.377. The number of aromatic nitrogens is 3. The highest BCUT2D eigenvalue weighted by Gasteiger charge is 2.35. The first kappa shape index (κ1) is 16.5. The average molecular weight is 351 g/mol. The number of hydrogen-bond acceptors (Lipinski definition) is 7. The molecule has 24 heavy (non-hydrogen) atoms. The molecule has 1 aliphatic heterocycles. The Kier molecular flexibility index (Phi) is 4.58. The molecule has 128 valence electrons. The van der Waals surface area contributed by atoms with Gasteiger partial charge in [-0.05, 0) is 24.1 Å². The van der Waals surface area contributed by atoms with Crippen LogP contribution in [0.15, 0.2) is 29.0 Å². The van der Waals surface area contributed by atoms with Gasteiger partial charge in [-0.2, -0.15) is 4.98 Å². The maximum Gasteiger partial charge on any atom is 0.249 e. The van der Waals surface area contributed by atoms with E-state index in [0.29, 0.717) is 25.3 Å². The fourth-order valence-electron chi connectivity index (χ4n) is 2.54. The molecule has 3 heterocycles. The standard InChI is InChI=1S/C14H17N5O4S/c1-24(21,22)16-8-12-17-14(23-18-12)11-2-3-13(20)19(11)9-10-4-6-15-7-5-10/h4-7,11,16H,2-3,8-9H2,1H3/t11-/m0/s1. The second-order valence-corrected chi connectivity index (χ2v) is 7.41. The zero-order valence-electron chi connectivity index (χ0n) is 13.0. The lowest BCUT2D eigenvalue weighted by atomic mass is 10.2. The minimum Gasteiger partial charge on any atom is -0.337 e. The van der Waals surface area contributed by atoms with Crippen LogP contribution in [0.5, 0.6) is 0 Å². The maximum absolute atomic E-state index is 12.2. The third-order valence-corrected chi connectivity index (χ3v) is 4.36. The van der Waals surface area contributed by atoms with E-state index in [0.717, 1.165) is 11.8 Å². The summed E-state index contributed by atoms with van der Waals surface area (Å²) in [6.45, 7) is 0.388. The number of amides is 1. The van der Waals surface area contributed by atoms with Crippen molar-refractivity contribution < 1.29 is 17.7 Å². The summed E-state index contributed by atoms with van der Waals surface area (Å²) < 4.78 is 29.8. The van der Waals surface area contributed by atoms with Gasteiger partial charge < -0.3 is 9.42 Å². The monoisotopic (exact) mass is 351 g/mol. The van der Waals surface area contributed by atoms with Gasteiger partial charge in [0.1, 0.15) is 6.04 Å². The van der Waals surface area contributed by atoms with Crippen molar-refractivity contribution in [2.45, 2.75) is 32.0 Å². The van der Waals surface area contributed by atoms with Crippen LogP contribution in [0.3, 0.4) is 0 Å². The molecule has 9 nitrogen and oxygen atoms in total. The Balaban J connectivity index is 1.73. The number of likely N-dealkylation sites (tertiary alicyclic amines) is 1. The highest BCUT2D eigenvalue weighted by atomic mass is 32.2. The summed E-state index contributed by atoms with van der Waals surface area (Å²) in [7, 11) is -3.33. The summed E-state index contributed by atoms with van der Waals surface area (Å²) in [5.74, 6) is 0.574. The number of carbonyl (C=O) groups is 1. The first-order chi connectivity index (χ1) is 11.4. The largest absolute Gasteiger partial charge is 0.337 e. The van der Waals surface area contributed by atoms with Gasteiger partial charge in [0.05, 0.1) is 12.8 Å². The van der Waals surface area contributed by atoms with Crippen LogP contribution in [-0.2, 0) is 27.9 Å². The number of carbonyl (C=O) groups excluding carboxylic acids is 1. The van der Waals surface area contributed by atoms with E-state index in [1.165, 1.54) is 0 Å². The fraction of sp³-hybridized carbons (Fsp3) is 0.429. The van der Waals surface area contributed by atoms with Gasteiger partial charge in [0.2, 0.25) is 21.8 Å². The number of nitrogens with one attached hydrogen (secondary N) is 1. The molecule has 0 unspecified atom stereocenters. The van der Waals surface area contributed by atoms with Gasteiger partial charge in [-0.15, -0.1) is 0 Å². The van der Waals surface area contributed by atoms with Crippen LogP contribution >= 0.6 is 0 Å². The minimum atomic E-state index is -3.33. The molecule has 0 aromatic carbocycles. The van der Waals surface area contributed by atoms with E-state index < -0.39 is 10.0 Å². The average Bonchev–Trinajstić information content (AvgIpc) is 3.13. The Morgan fingerprint density at radius 3 is 2.83 bits per heavy atom. The molecule has 3 rings (SSSR count). The van der Waals surface area contributed by atoms with Crippen LogP contribution in [0.2, 0.25) is 0 Å². The van der Waals surface area contributed by atoms with Crippen molar-refractivity contribution >= 4 is 15.9 Å². The molecule has 2 aromatic heterocycles. The number of pyridine rings is 1. The topological polar surface area (TPSA) is 118 Å². The molecule has 0 bridgehead atoms. The molecule has 1 atom stereocenters. The number of nitrogens with zero attached hydrogens (tertiary/aromatic N) is 4. The molecule has 1 saturated heterocycles. The summed E-state index contributed by atoms with van der Waals surface area (Å²) in [5.41, 5.74) is 0.962. The molecule has 1 aliphatic rings. The number of sulfonamides is 1. The molecule has 0 radical (unpaired) electrons. The van der Waals surface area contributed by atoms with E-state index in [9.17, 15) is 13.2 Å². The van der Waals surface area contributed by atoms with Crippen molar-refractivity contribution in [3.05, 3.63) is 41.8 Å². The molecule has 0 spiro atoms. The van der Waals surface area contributed by atoms with E-state index >= 15 is 0 Å². The maximum atomic E-state index is 12.2. The summed E-state index contributed by atoms with van der Waals surface area (Å²) >= 11 is 0. The van der Waals surface area contributed by atoms with Crippen molar-refractivity contribution in [3.63, 3.8) is 0 Å². The minimum absolute atomic E-state index is 0.0193. The van der Waals surface area contributed by atoms with Gasteiger partial charge in [0.15, 0.2) is 5.82 Å². The first-order valence-electron chi connectivity index (χ1n) is 7.38. The molecule has 0 saturated carbocycles. The summed E-state index contributed by atoms with van der Waals surface area (Å²) in [6.07, 6.45) is 5.40. The van der Waals surface area contributed by atoms with Crippen LogP contribution < -0.4 is 4.72 Å². The lowest BCUT2D eigenvalue weighted by Crippen LogP contribution is -2.27. The van der Waals surface area contributed by atoms with Gasteiger partial charge in [-0.3, -0.25) is 9.78 Å². The van der Waals surface area contributed by atoms with Gasteiger partial charge in [0, 0.05) is 25.4 Å². The Morgan fingerprint density at radius 1 is 1.38 bits per heavy atom. The van der Waals surface area contributed by atoms with Crippen LogP contribution in [-0.4, -0.2) is 40.6 Å². The number of hydrogen-bond donors (Lipinski definition) is 1. The SMILES string of the molecule is CS(=O)(=O)NCc1noc([C@@H]2CCC(=O)N2Cc2ccncc2)n1. The van der Waals surface area contributed by atoms with Crippen molar-refractivity contribution in [1.82, 2.24) is 24.7 Å². The second kappa shape index (κ2) is 6.65. The zero-order valence-corrected chi connectivity index (χ0v) is 13.9. The van der Waals surface area contributed by atoms with E-state index in [4.69, 9.17) is 4.52 Å².